The summed E-state index contributed by atoms with van der Waals surface area (Å²) in [6, 6.07) is 4.68. The molecule has 0 radical (unpaired) electrons. The van der Waals surface area contributed by atoms with Crippen LogP contribution in [-0.2, 0) is 0 Å². The number of halogens is 1. The summed E-state index contributed by atoms with van der Waals surface area (Å²) < 4.78 is 5.12. The van der Waals surface area contributed by atoms with Crippen molar-refractivity contribution in [3.05, 3.63) is 28.8 Å². The number of benzene rings is 1. The van der Waals surface area contributed by atoms with Crippen LogP contribution >= 0.6 is 11.6 Å². The molecule has 0 spiro atoms. The second-order valence-corrected chi connectivity index (χ2v) is 3.59. The fourth-order valence-electron chi connectivity index (χ4n) is 1.23. The molecular weight excluding hydrogens is 202 g/mol. The maximum absolute atomic E-state index is 9.36. The monoisotopic (exact) mass is 215 g/mol. The summed E-state index contributed by atoms with van der Waals surface area (Å²) in [4.78, 5) is 0. The van der Waals surface area contributed by atoms with Gasteiger partial charge in [-0.15, -0.1) is 0 Å². The summed E-state index contributed by atoms with van der Waals surface area (Å²) in [6.45, 7) is 1.63. The van der Waals surface area contributed by atoms with Gasteiger partial charge >= 0.3 is 0 Å². The molecule has 0 saturated carbocycles. The zero-order chi connectivity index (χ0) is 10.7. The molecule has 0 unspecified atom stereocenters. The number of methoxy groups -OCH3 is 1. The van der Waals surface area contributed by atoms with Crippen LogP contribution < -0.4 is 10.5 Å². The van der Waals surface area contributed by atoms with E-state index in [1.807, 2.05) is 0 Å². The molecule has 0 heterocycles. The van der Waals surface area contributed by atoms with Gasteiger partial charge in [-0.05, 0) is 25.1 Å². The lowest BCUT2D eigenvalue weighted by molar-refractivity contribution is 0.162. The van der Waals surface area contributed by atoms with Gasteiger partial charge in [0.25, 0.3) is 0 Å². The van der Waals surface area contributed by atoms with Gasteiger partial charge in [-0.3, -0.25) is 0 Å². The molecule has 0 aromatic heterocycles. The number of nitrogens with two attached hydrogens (primary N) is 1. The van der Waals surface area contributed by atoms with Crippen molar-refractivity contribution in [1.29, 1.82) is 0 Å². The van der Waals surface area contributed by atoms with Crippen molar-refractivity contribution in [3.8, 4) is 5.75 Å². The third kappa shape index (κ3) is 2.38. The van der Waals surface area contributed by atoms with E-state index in [9.17, 15) is 5.11 Å². The van der Waals surface area contributed by atoms with Crippen molar-refractivity contribution in [3.63, 3.8) is 0 Å². The molecule has 1 rings (SSSR count). The lowest BCUT2D eigenvalue weighted by Crippen LogP contribution is -2.23. The number of hydrogen-bond acceptors (Lipinski definition) is 3. The third-order valence-electron chi connectivity index (χ3n) is 2.07. The lowest BCUT2D eigenvalue weighted by Gasteiger charge is -2.18. The summed E-state index contributed by atoms with van der Waals surface area (Å²) in [7, 11) is 1.56. The molecule has 2 atom stereocenters. The first-order valence-electron chi connectivity index (χ1n) is 4.33. The summed E-state index contributed by atoms with van der Waals surface area (Å²) in [5.41, 5.74) is 6.51. The van der Waals surface area contributed by atoms with Crippen LogP contribution in [0.3, 0.4) is 0 Å². The first-order valence-corrected chi connectivity index (χ1v) is 4.71. The molecular formula is C10H14ClNO2. The van der Waals surface area contributed by atoms with E-state index in [1.54, 1.807) is 32.2 Å². The highest BCUT2D eigenvalue weighted by molar-refractivity contribution is 6.30. The summed E-state index contributed by atoms with van der Waals surface area (Å²) in [5, 5.41) is 9.94. The maximum atomic E-state index is 9.36. The summed E-state index contributed by atoms with van der Waals surface area (Å²) >= 11 is 5.83. The van der Waals surface area contributed by atoms with Crippen LogP contribution in [0.15, 0.2) is 18.2 Å². The van der Waals surface area contributed by atoms with Crippen LogP contribution in [0.4, 0.5) is 0 Å². The van der Waals surface area contributed by atoms with Gasteiger partial charge in [0.15, 0.2) is 0 Å². The van der Waals surface area contributed by atoms with E-state index in [2.05, 4.69) is 0 Å². The number of aliphatic hydroxyl groups is 1. The van der Waals surface area contributed by atoms with E-state index in [1.165, 1.54) is 0 Å². The topological polar surface area (TPSA) is 55.5 Å². The maximum Gasteiger partial charge on any atom is 0.123 e. The van der Waals surface area contributed by atoms with E-state index in [0.29, 0.717) is 10.8 Å². The molecule has 0 aliphatic rings. The van der Waals surface area contributed by atoms with E-state index < -0.39 is 12.1 Å². The Bertz CT molecular complexity index is 315. The molecule has 0 amide bonds. The van der Waals surface area contributed by atoms with Gasteiger partial charge in [-0.25, -0.2) is 0 Å². The normalized spacial score (nSPS) is 14.9. The minimum absolute atomic E-state index is 0.483. The highest BCUT2D eigenvalue weighted by Gasteiger charge is 2.16. The Labute approximate surface area is 88.4 Å². The van der Waals surface area contributed by atoms with Crippen molar-refractivity contribution >= 4 is 11.6 Å². The van der Waals surface area contributed by atoms with Crippen molar-refractivity contribution in [2.24, 2.45) is 5.73 Å². The van der Waals surface area contributed by atoms with Crippen LogP contribution in [0.1, 0.15) is 18.5 Å². The van der Waals surface area contributed by atoms with Crippen molar-refractivity contribution < 1.29 is 9.84 Å². The average Bonchev–Trinajstić information content (AvgIpc) is 2.16. The van der Waals surface area contributed by atoms with Crippen molar-refractivity contribution in [2.75, 3.05) is 7.11 Å². The zero-order valence-electron chi connectivity index (χ0n) is 8.20. The second-order valence-electron chi connectivity index (χ2n) is 3.15. The Morgan fingerprint density at radius 1 is 1.50 bits per heavy atom. The van der Waals surface area contributed by atoms with Gasteiger partial charge in [0.05, 0.1) is 19.3 Å². The number of ether oxygens (including phenoxy) is 1. The van der Waals surface area contributed by atoms with Gasteiger partial charge in [0, 0.05) is 10.6 Å². The Morgan fingerprint density at radius 3 is 2.64 bits per heavy atom. The Kier molecular flexibility index (Phi) is 3.75. The zero-order valence-corrected chi connectivity index (χ0v) is 8.95. The van der Waals surface area contributed by atoms with Gasteiger partial charge in [0.1, 0.15) is 5.75 Å². The minimum atomic E-state index is -0.637. The lowest BCUT2D eigenvalue weighted by atomic mass is 10.0. The van der Waals surface area contributed by atoms with Crippen LogP contribution in [0.5, 0.6) is 5.75 Å². The standard InChI is InChI=1S/C10H14ClNO2/c1-6(13)10(12)8-5-7(11)3-4-9(8)14-2/h3-6,10,13H,12H2,1-2H3/t6-,10-/m0/s1. The molecule has 0 bridgehead atoms. The predicted molar refractivity (Wildman–Crippen MR) is 56.6 cm³/mol. The molecule has 3 nitrogen and oxygen atoms in total. The van der Waals surface area contributed by atoms with Crippen LogP contribution in [-0.4, -0.2) is 18.3 Å². The third-order valence-corrected chi connectivity index (χ3v) is 2.31. The minimum Gasteiger partial charge on any atom is -0.496 e. The molecule has 78 valence electrons. The highest BCUT2D eigenvalue weighted by atomic mass is 35.5. The van der Waals surface area contributed by atoms with Crippen molar-refractivity contribution in [1.82, 2.24) is 0 Å². The fourth-order valence-corrected chi connectivity index (χ4v) is 1.41. The first-order chi connectivity index (χ1) is 6.56. The number of rotatable bonds is 3. The van der Waals surface area contributed by atoms with E-state index in [-0.39, 0.29) is 0 Å². The van der Waals surface area contributed by atoms with E-state index in [0.717, 1.165) is 5.56 Å². The molecule has 0 fully saturated rings. The number of hydrogen-bond donors (Lipinski definition) is 2. The molecule has 0 saturated heterocycles. The molecule has 1 aromatic carbocycles. The van der Waals surface area contributed by atoms with Gasteiger partial charge in [0.2, 0.25) is 0 Å². The van der Waals surface area contributed by atoms with E-state index in [4.69, 9.17) is 22.1 Å². The summed E-state index contributed by atoms with van der Waals surface area (Å²) in [5.74, 6) is 0.641. The Morgan fingerprint density at radius 2 is 2.14 bits per heavy atom. The fraction of sp³-hybridized carbons (Fsp3) is 0.400. The van der Waals surface area contributed by atoms with Crippen LogP contribution in [0.2, 0.25) is 5.02 Å². The molecule has 0 aliphatic carbocycles. The SMILES string of the molecule is COc1ccc(Cl)cc1[C@@H](N)[C@H](C)O. The Hall–Kier alpha value is -0.770. The smallest absolute Gasteiger partial charge is 0.123 e. The first kappa shape index (κ1) is 11.3. The number of aliphatic hydroxyl groups excluding tert-OH is 1. The van der Waals surface area contributed by atoms with E-state index >= 15 is 0 Å². The van der Waals surface area contributed by atoms with Gasteiger partial charge < -0.3 is 15.6 Å². The van der Waals surface area contributed by atoms with Gasteiger partial charge in [-0.2, -0.15) is 0 Å². The second kappa shape index (κ2) is 4.64. The average molecular weight is 216 g/mol. The molecule has 4 heteroatoms. The summed E-state index contributed by atoms with van der Waals surface area (Å²) in [6.07, 6.45) is -0.637. The predicted octanol–water partition coefficient (Wildman–Crippen LogP) is 1.73. The quantitative estimate of drug-likeness (QED) is 0.808. The molecule has 3 N–H and O–H groups in total. The largest absolute Gasteiger partial charge is 0.496 e. The molecule has 1 aromatic rings. The van der Waals surface area contributed by atoms with Crippen molar-refractivity contribution in [2.45, 2.75) is 19.1 Å². The van der Waals surface area contributed by atoms with Crippen LogP contribution in [0.25, 0.3) is 0 Å². The molecule has 0 aliphatic heterocycles. The van der Waals surface area contributed by atoms with Crippen LogP contribution in [0, 0.1) is 0 Å². The van der Waals surface area contributed by atoms with Gasteiger partial charge in [-0.1, -0.05) is 11.6 Å². The Balaban J connectivity index is 3.10. The molecule has 14 heavy (non-hydrogen) atoms. The highest BCUT2D eigenvalue weighted by Crippen LogP contribution is 2.28.